The Morgan fingerprint density at radius 1 is 0.558 bits per heavy atom. The van der Waals surface area contributed by atoms with Gasteiger partial charge in [0.05, 0.1) is 17.4 Å². The van der Waals surface area contributed by atoms with E-state index >= 15 is 0 Å². The molecule has 0 saturated carbocycles. The maximum absolute atomic E-state index is 6.41. The monoisotopic (exact) mass is 853 g/mol. The first-order chi connectivity index (χ1) is 24.8. The number of hydrogen-bond acceptors (Lipinski definition) is 4. The summed E-state index contributed by atoms with van der Waals surface area (Å²) in [5.74, 6) is 1.91. The Morgan fingerprint density at radius 2 is 1.29 bits per heavy atom. The summed E-state index contributed by atoms with van der Waals surface area (Å²) in [6.07, 6.45) is 7.55. The van der Waals surface area contributed by atoms with Crippen molar-refractivity contribution in [1.29, 1.82) is 0 Å². The topological polar surface area (TPSA) is 62.7 Å². The number of benzene rings is 5. The van der Waals surface area contributed by atoms with Crippen LogP contribution in [0.5, 0.6) is 11.5 Å². The summed E-state index contributed by atoms with van der Waals surface area (Å²) in [5.41, 5.74) is 7.78. The number of aromatic nitrogens is 6. The zero-order valence-electron chi connectivity index (χ0n) is 26.9. The van der Waals surface area contributed by atoms with Crippen molar-refractivity contribution in [3.8, 4) is 39.8 Å². The molecule has 5 aromatic heterocycles. The number of hydrogen-bond donors (Lipinski definition) is 0. The van der Waals surface area contributed by atoms with Crippen molar-refractivity contribution in [2.45, 2.75) is 7.43 Å². The van der Waals surface area contributed by atoms with Gasteiger partial charge in [0.15, 0.2) is 0 Å². The van der Waals surface area contributed by atoms with Crippen molar-refractivity contribution in [3.05, 3.63) is 170 Å². The van der Waals surface area contributed by atoms with Gasteiger partial charge in [0.2, 0.25) is 0 Å². The van der Waals surface area contributed by atoms with Crippen LogP contribution in [0.1, 0.15) is 7.43 Å². The molecule has 8 heteroatoms. The number of ether oxygens (including phenoxy) is 1. The van der Waals surface area contributed by atoms with Crippen LogP contribution in [0.15, 0.2) is 158 Å². The molecule has 0 fully saturated rings. The van der Waals surface area contributed by atoms with Gasteiger partial charge in [0.25, 0.3) is 0 Å². The van der Waals surface area contributed by atoms with Crippen molar-refractivity contribution < 1.29 is 25.8 Å². The van der Waals surface area contributed by atoms with Crippen LogP contribution in [0.2, 0.25) is 0 Å². The predicted molar refractivity (Wildman–Crippen MR) is 204 cm³/mol. The van der Waals surface area contributed by atoms with Crippen molar-refractivity contribution >= 4 is 43.7 Å². The van der Waals surface area contributed by atoms with Gasteiger partial charge in [-0.05, 0) is 47.0 Å². The summed E-state index contributed by atoms with van der Waals surface area (Å²) in [7, 11) is 0. The maximum atomic E-state index is 6.41. The third-order valence-corrected chi connectivity index (χ3v) is 9.12. The van der Waals surface area contributed by atoms with Gasteiger partial charge in [0, 0.05) is 58.0 Å². The van der Waals surface area contributed by atoms with Gasteiger partial charge >= 0.3 is 21.1 Å². The summed E-state index contributed by atoms with van der Waals surface area (Å²) >= 11 is 0. The molecule has 52 heavy (non-hydrogen) atoms. The minimum atomic E-state index is 0. The van der Waals surface area contributed by atoms with E-state index in [1.807, 2.05) is 84.1 Å². The molecule has 0 aliphatic rings. The van der Waals surface area contributed by atoms with Crippen LogP contribution in [-0.2, 0) is 21.1 Å². The molecular weight excluding hydrogens is 824 g/mol. The first-order valence-corrected chi connectivity index (χ1v) is 16.4. The molecule has 0 radical (unpaired) electrons. The molecule has 0 atom stereocenters. The van der Waals surface area contributed by atoms with E-state index in [0.717, 1.165) is 72.1 Å². The Morgan fingerprint density at radius 3 is 2.13 bits per heavy atom. The molecule has 0 amide bonds. The molecule has 0 unspecified atom stereocenters. The molecule has 252 valence electrons. The number of fused-ring (bicyclic) bond motifs is 6. The van der Waals surface area contributed by atoms with Crippen molar-refractivity contribution in [2.75, 3.05) is 0 Å². The quantitative estimate of drug-likeness (QED) is 0.156. The van der Waals surface area contributed by atoms with Crippen molar-refractivity contribution in [3.63, 3.8) is 0 Å². The number of rotatable bonds is 6. The molecule has 0 aliphatic heterocycles. The summed E-state index contributed by atoms with van der Waals surface area (Å²) in [6, 6.07) is 52.0. The van der Waals surface area contributed by atoms with E-state index in [0.29, 0.717) is 11.5 Å². The van der Waals surface area contributed by atoms with Gasteiger partial charge in [-0.3, -0.25) is 9.25 Å². The van der Waals surface area contributed by atoms with E-state index in [1.165, 1.54) is 0 Å². The molecule has 5 heterocycles. The fourth-order valence-corrected chi connectivity index (χ4v) is 6.88. The van der Waals surface area contributed by atoms with Gasteiger partial charge in [-0.25, -0.2) is 9.97 Å². The SMILES string of the molecule is C.[Pt+2].[c-]1c(Oc2[c-]c3c(cc2)c2ccccc2n3-c2cc(-n3c4ccccc4c4cccnc43)ccn2)cccc1-n1cc(-c2ccccc2)cn1. The molecule has 10 rings (SSSR count). The van der Waals surface area contributed by atoms with Crippen LogP contribution in [0.3, 0.4) is 0 Å². The first kappa shape index (κ1) is 32.9. The fraction of sp³-hybridized carbons (Fsp3) is 0.0227. The van der Waals surface area contributed by atoms with E-state index in [-0.39, 0.29) is 28.5 Å². The molecular formula is C44H30N6OPt. The normalized spacial score (nSPS) is 11.2. The van der Waals surface area contributed by atoms with E-state index in [1.54, 1.807) is 0 Å². The van der Waals surface area contributed by atoms with Gasteiger partial charge in [-0.15, -0.1) is 35.7 Å². The van der Waals surface area contributed by atoms with Crippen LogP contribution in [-0.4, -0.2) is 28.9 Å². The van der Waals surface area contributed by atoms with Gasteiger partial charge < -0.3 is 9.30 Å². The number of nitrogens with zero attached hydrogens (tertiary/aromatic N) is 6. The van der Waals surface area contributed by atoms with Crippen LogP contribution < -0.4 is 4.74 Å². The molecule has 5 aromatic carbocycles. The minimum absolute atomic E-state index is 0. The largest absolute Gasteiger partial charge is 2.00 e. The van der Waals surface area contributed by atoms with Crippen molar-refractivity contribution in [2.24, 2.45) is 0 Å². The van der Waals surface area contributed by atoms with E-state index < -0.39 is 0 Å². The van der Waals surface area contributed by atoms with Gasteiger partial charge in [-0.1, -0.05) is 79.7 Å². The zero-order valence-corrected chi connectivity index (χ0v) is 29.2. The Hall–Kier alpha value is -6.30. The Bertz CT molecular complexity index is 2820. The second-order valence-electron chi connectivity index (χ2n) is 12.1. The number of pyridine rings is 2. The van der Waals surface area contributed by atoms with E-state index in [9.17, 15) is 0 Å². The standard InChI is InChI=1S/C43H26N6O.CH4.Pt/c1-2-10-29(11-3-1)30-27-46-47(28-30)31-12-8-13-33(24-31)50-34-19-20-37-35-14-4-7-18-40(35)49(41(37)26-34)42-25-32(21-23-44-42)48-39-17-6-5-15-36(39)38-16-9-22-45-43(38)48;;/h1-23,25,27-28H;1H4;/q-2;;+2. The maximum Gasteiger partial charge on any atom is 2.00 e. The summed E-state index contributed by atoms with van der Waals surface area (Å²) in [6.45, 7) is 0. The van der Waals surface area contributed by atoms with Crippen LogP contribution in [0, 0.1) is 12.1 Å². The first-order valence-electron chi connectivity index (χ1n) is 16.4. The van der Waals surface area contributed by atoms with Crippen molar-refractivity contribution in [1.82, 2.24) is 28.9 Å². The van der Waals surface area contributed by atoms with E-state index in [4.69, 9.17) is 14.7 Å². The third kappa shape index (κ3) is 5.47. The molecule has 0 N–H and O–H groups in total. The van der Waals surface area contributed by atoms with E-state index in [2.05, 4.69) is 105 Å². The smallest absolute Gasteiger partial charge is 0.509 e. The Kier molecular flexibility index (Phi) is 8.50. The summed E-state index contributed by atoms with van der Waals surface area (Å²) in [4.78, 5) is 9.67. The molecule has 0 spiro atoms. The zero-order chi connectivity index (χ0) is 33.0. The van der Waals surface area contributed by atoms with Gasteiger partial charge in [0.1, 0.15) is 11.5 Å². The Labute approximate surface area is 314 Å². The van der Waals surface area contributed by atoms with Crippen LogP contribution >= 0.6 is 0 Å². The summed E-state index contributed by atoms with van der Waals surface area (Å²) in [5, 5.41) is 9.02. The van der Waals surface area contributed by atoms with Crippen LogP contribution in [0.25, 0.3) is 72.1 Å². The Balaban J connectivity index is 0.00000193. The van der Waals surface area contributed by atoms with Gasteiger partial charge in [-0.2, -0.15) is 17.2 Å². The summed E-state index contributed by atoms with van der Waals surface area (Å²) < 4.78 is 12.6. The third-order valence-electron chi connectivity index (χ3n) is 9.12. The minimum Gasteiger partial charge on any atom is -0.509 e. The molecule has 0 bridgehead atoms. The molecule has 0 saturated heterocycles. The average molecular weight is 854 g/mol. The number of para-hydroxylation sites is 2. The molecule has 0 aliphatic carbocycles. The molecule has 10 aromatic rings. The molecule has 7 nitrogen and oxygen atoms in total. The second kappa shape index (κ2) is 13.4. The predicted octanol–water partition coefficient (Wildman–Crippen LogP) is 10.5. The van der Waals surface area contributed by atoms with Crippen LogP contribution in [0.4, 0.5) is 0 Å². The average Bonchev–Trinajstić information content (AvgIpc) is 3.89. The fourth-order valence-electron chi connectivity index (χ4n) is 6.88. The second-order valence-corrected chi connectivity index (χ2v) is 12.1.